The molecule has 0 aromatic heterocycles. The Kier molecular flexibility index (Phi) is 5.82. The summed E-state index contributed by atoms with van der Waals surface area (Å²) >= 11 is 0. The average molecular weight is 267 g/mol. The SMILES string of the molecule is CCCCN(Cc1ccccc1)Cc1ccc(C)cc1. The molecule has 0 bridgehead atoms. The minimum atomic E-state index is 1.04. The fourth-order valence-corrected chi connectivity index (χ4v) is 2.39. The fourth-order valence-electron chi connectivity index (χ4n) is 2.39. The van der Waals surface area contributed by atoms with Gasteiger partial charge in [-0.2, -0.15) is 0 Å². The van der Waals surface area contributed by atoms with Gasteiger partial charge in [0.25, 0.3) is 0 Å². The first kappa shape index (κ1) is 14.8. The van der Waals surface area contributed by atoms with Crippen LogP contribution in [0.15, 0.2) is 54.6 Å². The summed E-state index contributed by atoms with van der Waals surface area (Å²) in [5.41, 5.74) is 4.13. The van der Waals surface area contributed by atoms with E-state index in [9.17, 15) is 0 Å². The summed E-state index contributed by atoms with van der Waals surface area (Å²) in [5.74, 6) is 0. The first-order valence-electron chi connectivity index (χ1n) is 7.59. The van der Waals surface area contributed by atoms with E-state index in [-0.39, 0.29) is 0 Å². The summed E-state index contributed by atoms with van der Waals surface area (Å²) in [6, 6.07) is 19.7. The molecule has 0 radical (unpaired) electrons. The second kappa shape index (κ2) is 7.86. The van der Waals surface area contributed by atoms with E-state index in [2.05, 4.69) is 73.3 Å². The van der Waals surface area contributed by atoms with Crippen LogP contribution in [0.25, 0.3) is 0 Å². The quantitative estimate of drug-likeness (QED) is 0.696. The number of benzene rings is 2. The molecule has 0 aliphatic heterocycles. The Morgan fingerprint density at radius 3 is 2.00 bits per heavy atom. The second-order valence-electron chi connectivity index (χ2n) is 5.54. The van der Waals surface area contributed by atoms with Crippen LogP contribution >= 0.6 is 0 Å². The van der Waals surface area contributed by atoms with Crippen molar-refractivity contribution in [3.63, 3.8) is 0 Å². The first-order chi connectivity index (χ1) is 9.78. The summed E-state index contributed by atoms with van der Waals surface area (Å²) < 4.78 is 0. The lowest BCUT2D eigenvalue weighted by Crippen LogP contribution is -2.23. The maximum absolute atomic E-state index is 2.55. The third kappa shape index (κ3) is 4.82. The molecule has 1 nitrogen and oxygen atoms in total. The molecular weight excluding hydrogens is 242 g/mol. The maximum atomic E-state index is 2.55. The van der Waals surface area contributed by atoms with Gasteiger partial charge in [0.2, 0.25) is 0 Å². The van der Waals surface area contributed by atoms with Crippen molar-refractivity contribution >= 4 is 0 Å². The van der Waals surface area contributed by atoms with Gasteiger partial charge in [0.05, 0.1) is 0 Å². The molecule has 20 heavy (non-hydrogen) atoms. The van der Waals surface area contributed by atoms with Gasteiger partial charge in [-0.05, 0) is 31.0 Å². The highest BCUT2D eigenvalue weighted by Gasteiger charge is 2.06. The first-order valence-corrected chi connectivity index (χ1v) is 7.59. The monoisotopic (exact) mass is 267 g/mol. The van der Waals surface area contributed by atoms with E-state index in [0.717, 1.165) is 13.1 Å². The number of hydrogen-bond acceptors (Lipinski definition) is 1. The molecular formula is C19H25N. The van der Waals surface area contributed by atoms with Crippen LogP contribution in [-0.4, -0.2) is 11.4 Å². The molecule has 0 atom stereocenters. The minimum absolute atomic E-state index is 1.04. The van der Waals surface area contributed by atoms with Gasteiger partial charge >= 0.3 is 0 Å². The van der Waals surface area contributed by atoms with Crippen molar-refractivity contribution in [1.29, 1.82) is 0 Å². The standard InChI is InChI=1S/C19H25N/c1-3-4-14-20(15-18-8-6-5-7-9-18)16-19-12-10-17(2)11-13-19/h5-13H,3-4,14-16H2,1-2H3. The topological polar surface area (TPSA) is 3.24 Å². The number of nitrogens with zero attached hydrogens (tertiary/aromatic N) is 1. The van der Waals surface area contributed by atoms with Gasteiger partial charge in [-0.1, -0.05) is 73.5 Å². The lowest BCUT2D eigenvalue weighted by atomic mass is 10.1. The molecule has 2 aromatic carbocycles. The number of rotatable bonds is 7. The zero-order valence-corrected chi connectivity index (χ0v) is 12.7. The zero-order chi connectivity index (χ0) is 14.2. The molecule has 0 heterocycles. The van der Waals surface area contributed by atoms with Crippen LogP contribution in [0.2, 0.25) is 0 Å². The molecule has 0 spiro atoms. The smallest absolute Gasteiger partial charge is 0.0237 e. The van der Waals surface area contributed by atoms with Gasteiger partial charge in [-0.25, -0.2) is 0 Å². The highest BCUT2D eigenvalue weighted by molar-refractivity contribution is 5.21. The third-order valence-electron chi connectivity index (χ3n) is 3.60. The average Bonchev–Trinajstić information content (AvgIpc) is 2.48. The number of unbranched alkanes of at least 4 members (excludes halogenated alkanes) is 1. The Hall–Kier alpha value is -1.60. The zero-order valence-electron chi connectivity index (χ0n) is 12.7. The van der Waals surface area contributed by atoms with Gasteiger partial charge in [-0.15, -0.1) is 0 Å². The normalized spacial score (nSPS) is 10.9. The van der Waals surface area contributed by atoms with E-state index in [1.54, 1.807) is 0 Å². The molecule has 0 amide bonds. The third-order valence-corrected chi connectivity index (χ3v) is 3.60. The van der Waals surface area contributed by atoms with Crippen LogP contribution in [0.1, 0.15) is 36.5 Å². The Morgan fingerprint density at radius 1 is 0.800 bits per heavy atom. The Balaban J connectivity index is 2.01. The summed E-state index contributed by atoms with van der Waals surface area (Å²) in [6.07, 6.45) is 2.51. The lowest BCUT2D eigenvalue weighted by Gasteiger charge is -2.22. The molecule has 0 saturated carbocycles. The summed E-state index contributed by atoms with van der Waals surface area (Å²) in [4.78, 5) is 2.55. The largest absolute Gasteiger partial charge is 0.295 e. The number of hydrogen-bond donors (Lipinski definition) is 0. The highest BCUT2D eigenvalue weighted by atomic mass is 15.1. The molecule has 0 aliphatic carbocycles. The molecule has 0 fully saturated rings. The van der Waals surface area contributed by atoms with Crippen LogP contribution in [0, 0.1) is 6.92 Å². The van der Waals surface area contributed by atoms with Crippen LogP contribution in [0.3, 0.4) is 0 Å². The predicted molar refractivity (Wildman–Crippen MR) is 86.6 cm³/mol. The van der Waals surface area contributed by atoms with Gasteiger partial charge < -0.3 is 0 Å². The van der Waals surface area contributed by atoms with Gasteiger partial charge in [-0.3, -0.25) is 4.90 Å². The van der Waals surface area contributed by atoms with Gasteiger partial charge in [0.1, 0.15) is 0 Å². The molecule has 2 rings (SSSR count). The van der Waals surface area contributed by atoms with Crippen LogP contribution in [0.4, 0.5) is 0 Å². The Morgan fingerprint density at radius 2 is 1.40 bits per heavy atom. The molecule has 0 unspecified atom stereocenters. The maximum Gasteiger partial charge on any atom is 0.0237 e. The van der Waals surface area contributed by atoms with Crippen molar-refractivity contribution in [1.82, 2.24) is 4.90 Å². The Bertz CT molecular complexity index is 487. The molecule has 2 aromatic rings. The van der Waals surface area contributed by atoms with E-state index >= 15 is 0 Å². The van der Waals surface area contributed by atoms with Crippen molar-refractivity contribution in [2.45, 2.75) is 39.8 Å². The van der Waals surface area contributed by atoms with Crippen molar-refractivity contribution in [3.05, 3.63) is 71.3 Å². The number of aryl methyl sites for hydroxylation is 1. The Labute approximate surface area is 123 Å². The lowest BCUT2D eigenvalue weighted by molar-refractivity contribution is 0.252. The molecule has 0 saturated heterocycles. The molecule has 0 N–H and O–H groups in total. The second-order valence-corrected chi connectivity index (χ2v) is 5.54. The van der Waals surface area contributed by atoms with Gasteiger partial charge in [0.15, 0.2) is 0 Å². The summed E-state index contributed by atoms with van der Waals surface area (Å²) in [7, 11) is 0. The van der Waals surface area contributed by atoms with E-state index in [1.165, 1.54) is 36.1 Å². The van der Waals surface area contributed by atoms with E-state index < -0.39 is 0 Å². The van der Waals surface area contributed by atoms with Crippen molar-refractivity contribution in [3.8, 4) is 0 Å². The fraction of sp³-hybridized carbons (Fsp3) is 0.368. The van der Waals surface area contributed by atoms with E-state index in [1.807, 2.05) is 0 Å². The van der Waals surface area contributed by atoms with Crippen molar-refractivity contribution < 1.29 is 0 Å². The van der Waals surface area contributed by atoms with Crippen molar-refractivity contribution in [2.75, 3.05) is 6.54 Å². The van der Waals surface area contributed by atoms with Crippen LogP contribution < -0.4 is 0 Å². The highest BCUT2D eigenvalue weighted by Crippen LogP contribution is 2.12. The van der Waals surface area contributed by atoms with Crippen LogP contribution in [0.5, 0.6) is 0 Å². The molecule has 106 valence electrons. The predicted octanol–water partition coefficient (Wildman–Crippen LogP) is 4.80. The summed E-state index contributed by atoms with van der Waals surface area (Å²) in [5, 5.41) is 0. The minimum Gasteiger partial charge on any atom is -0.295 e. The molecule has 0 aliphatic rings. The van der Waals surface area contributed by atoms with Crippen LogP contribution in [-0.2, 0) is 13.1 Å². The summed E-state index contributed by atoms with van der Waals surface area (Å²) in [6.45, 7) is 7.64. The molecule has 1 heteroatoms. The van der Waals surface area contributed by atoms with Gasteiger partial charge in [0, 0.05) is 13.1 Å². The van der Waals surface area contributed by atoms with Crippen molar-refractivity contribution in [2.24, 2.45) is 0 Å². The van der Waals surface area contributed by atoms with E-state index in [4.69, 9.17) is 0 Å². The van der Waals surface area contributed by atoms with E-state index in [0.29, 0.717) is 0 Å².